The van der Waals surface area contributed by atoms with Gasteiger partial charge in [-0.2, -0.15) is 0 Å². The Bertz CT molecular complexity index is 910. The highest BCUT2D eigenvalue weighted by atomic mass is 16.7. The first-order chi connectivity index (χ1) is 14.0. The number of hydrogen-bond donors (Lipinski definition) is 2. The molecule has 4 rings (SSSR count). The fourth-order valence-electron chi connectivity index (χ4n) is 3.68. The van der Waals surface area contributed by atoms with Crippen molar-refractivity contribution in [2.24, 2.45) is 0 Å². The molecule has 2 aromatic rings. The number of benzene rings is 2. The van der Waals surface area contributed by atoms with E-state index in [4.69, 9.17) is 9.47 Å². The Kier molecular flexibility index (Phi) is 5.22. The number of amides is 1. The number of nitro groups is 1. The van der Waals surface area contributed by atoms with Crippen molar-refractivity contribution < 1.29 is 24.1 Å². The molecule has 0 radical (unpaired) electrons. The van der Waals surface area contributed by atoms with Gasteiger partial charge < -0.3 is 24.6 Å². The molecular formula is C20H23N4O5+. The average Bonchev–Trinajstić information content (AvgIpc) is 3.21. The number of carbonyl (C=O) groups excluding carboxylic acids is 1. The van der Waals surface area contributed by atoms with Gasteiger partial charge in [-0.05, 0) is 31.2 Å². The van der Waals surface area contributed by atoms with E-state index >= 15 is 0 Å². The molecule has 29 heavy (non-hydrogen) atoms. The van der Waals surface area contributed by atoms with Crippen LogP contribution in [0.1, 0.15) is 6.92 Å². The predicted octanol–water partition coefficient (Wildman–Crippen LogP) is 1.06. The lowest BCUT2D eigenvalue weighted by atomic mass is 10.2. The second-order valence-electron chi connectivity index (χ2n) is 7.20. The van der Waals surface area contributed by atoms with Crippen molar-refractivity contribution in [2.45, 2.75) is 13.0 Å². The molecule has 2 heterocycles. The van der Waals surface area contributed by atoms with Crippen LogP contribution in [0.5, 0.6) is 11.5 Å². The number of rotatable bonds is 5. The van der Waals surface area contributed by atoms with Gasteiger partial charge in [-0.3, -0.25) is 14.9 Å². The van der Waals surface area contributed by atoms with E-state index in [-0.39, 0.29) is 24.4 Å². The lowest BCUT2D eigenvalue weighted by Crippen LogP contribution is -3.19. The largest absolute Gasteiger partial charge is 0.454 e. The number of carbonyl (C=O) groups is 1. The topological polar surface area (TPSA) is 98.4 Å². The van der Waals surface area contributed by atoms with E-state index in [1.165, 1.54) is 17.0 Å². The number of nitro benzene ring substituents is 1. The van der Waals surface area contributed by atoms with Crippen LogP contribution in [0, 0.1) is 10.1 Å². The summed E-state index contributed by atoms with van der Waals surface area (Å²) >= 11 is 0. The van der Waals surface area contributed by atoms with Crippen molar-refractivity contribution in [3.05, 3.63) is 52.6 Å². The van der Waals surface area contributed by atoms with Crippen LogP contribution in [-0.2, 0) is 4.79 Å². The molecule has 9 heteroatoms. The van der Waals surface area contributed by atoms with Crippen LogP contribution in [0.4, 0.5) is 17.1 Å². The lowest BCUT2D eigenvalue weighted by molar-refractivity contribution is -0.914. The van der Waals surface area contributed by atoms with Gasteiger partial charge in [0.05, 0.1) is 31.1 Å². The molecule has 0 unspecified atom stereocenters. The second kappa shape index (κ2) is 7.96. The van der Waals surface area contributed by atoms with E-state index in [2.05, 4.69) is 10.2 Å². The highest BCUT2D eigenvalue weighted by Gasteiger charge is 2.29. The first kappa shape index (κ1) is 19.0. The zero-order valence-electron chi connectivity index (χ0n) is 16.1. The smallest absolute Gasteiger partial charge is 0.282 e. The third-order valence-electron chi connectivity index (χ3n) is 5.48. The number of hydrogen-bond acceptors (Lipinski definition) is 6. The van der Waals surface area contributed by atoms with Crippen molar-refractivity contribution in [1.82, 2.24) is 0 Å². The summed E-state index contributed by atoms with van der Waals surface area (Å²) in [7, 11) is 0. The van der Waals surface area contributed by atoms with Gasteiger partial charge >= 0.3 is 0 Å². The Morgan fingerprint density at radius 1 is 1.14 bits per heavy atom. The zero-order chi connectivity index (χ0) is 20.4. The van der Waals surface area contributed by atoms with Gasteiger partial charge in [-0.15, -0.1) is 0 Å². The fourth-order valence-corrected chi connectivity index (χ4v) is 3.68. The van der Waals surface area contributed by atoms with Gasteiger partial charge in [0.25, 0.3) is 11.6 Å². The summed E-state index contributed by atoms with van der Waals surface area (Å²) in [4.78, 5) is 26.5. The van der Waals surface area contributed by atoms with Gasteiger partial charge in [0, 0.05) is 29.6 Å². The van der Waals surface area contributed by atoms with E-state index in [1.807, 2.05) is 6.92 Å². The van der Waals surface area contributed by atoms with Crippen LogP contribution in [0.15, 0.2) is 42.5 Å². The zero-order valence-corrected chi connectivity index (χ0v) is 16.1. The number of quaternary nitrogens is 1. The molecule has 0 aromatic heterocycles. The maximum atomic E-state index is 12.7. The molecule has 0 bridgehead atoms. The molecule has 2 aliphatic heterocycles. The molecule has 2 aliphatic rings. The maximum absolute atomic E-state index is 12.7. The van der Waals surface area contributed by atoms with E-state index in [9.17, 15) is 14.9 Å². The Morgan fingerprint density at radius 3 is 2.52 bits per heavy atom. The van der Waals surface area contributed by atoms with E-state index in [1.54, 1.807) is 30.3 Å². The summed E-state index contributed by atoms with van der Waals surface area (Å²) in [6, 6.07) is 11.8. The van der Waals surface area contributed by atoms with E-state index in [0.29, 0.717) is 17.2 Å². The third kappa shape index (κ3) is 4.09. The molecule has 1 amide bonds. The van der Waals surface area contributed by atoms with Crippen molar-refractivity contribution in [2.75, 3.05) is 43.2 Å². The average molecular weight is 399 g/mol. The number of nitrogens with zero attached hydrogens (tertiary/aromatic N) is 2. The minimum Gasteiger partial charge on any atom is -0.454 e. The standard InChI is InChI=1S/C20H22N4O5/c1-14(20(25)21-15-2-7-18-19(12-15)29-13-28-18)22-8-10-23(11-9-22)16-3-5-17(6-4-16)24(26)27/h2-7,12,14H,8-11,13H2,1H3,(H,21,25)/p+1/t14-/m1/s1. The summed E-state index contributed by atoms with van der Waals surface area (Å²) in [5.74, 6) is 1.28. The van der Waals surface area contributed by atoms with Gasteiger partial charge in [-0.1, -0.05) is 0 Å². The Balaban J connectivity index is 1.31. The quantitative estimate of drug-likeness (QED) is 0.576. The second-order valence-corrected chi connectivity index (χ2v) is 7.20. The van der Waals surface area contributed by atoms with Crippen LogP contribution in [0.25, 0.3) is 0 Å². The number of nitrogens with one attached hydrogen (secondary N) is 2. The van der Waals surface area contributed by atoms with E-state index in [0.717, 1.165) is 31.9 Å². The number of piperazine rings is 1. The van der Waals surface area contributed by atoms with Crippen LogP contribution in [-0.4, -0.2) is 49.8 Å². The molecule has 1 fully saturated rings. The minimum absolute atomic E-state index is 0.0392. The SMILES string of the molecule is C[C@H](C(=O)Nc1ccc2c(c1)OCO2)[NH+]1CCN(c2ccc([N+](=O)[O-])cc2)CC1. The predicted molar refractivity (Wildman–Crippen MR) is 107 cm³/mol. The first-order valence-corrected chi connectivity index (χ1v) is 9.56. The van der Waals surface area contributed by atoms with Gasteiger partial charge in [0.15, 0.2) is 17.5 Å². The van der Waals surface area contributed by atoms with Crippen molar-refractivity contribution in [3.63, 3.8) is 0 Å². The highest BCUT2D eigenvalue weighted by molar-refractivity contribution is 5.94. The molecule has 1 atom stereocenters. The van der Waals surface area contributed by atoms with Crippen molar-refractivity contribution >= 4 is 23.0 Å². The minimum atomic E-state index is -0.397. The van der Waals surface area contributed by atoms with E-state index < -0.39 is 4.92 Å². The van der Waals surface area contributed by atoms with Crippen LogP contribution < -0.4 is 24.6 Å². The molecular weight excluding hydrogens is 376 g/mol. The molecule has 2 N–H and O–H groups in total. The van der Waals surface area contributed by atoms with Gasteiger partial charge in [0.1, 0.15) is 0 Å². The molecule has 9 nitrogen and oxygen atoms in total. The molecule has 0 aliphatic carbocycles. The Labute approximate surface area is 168 Å². The normalized spacial score (nSPS) is 17.1. The maximum Gasteiger partial charge on any atom is 0.282 e. The van der Waals surface area contributed by atoms with Crippen LogP contribution >= 0.6 is 0 Å². The van der Waals surface area contributed by atoms with Crippen molar-refractivity contribution in [3.8, 4) is 11.5 Å². The molecule has 1 saturated heterocycles. The van der Waals surface area contributed by atoms with Crippen molar-refractivity contribution in [1.29, 1.82) is 0 Å². The summed E-state index contributed by atoms with van der Waals surface area (Å²) in [6.45, 7) is 5.33. The first-order valence-electron chi connectivity index (χ1n) is 9.56. The Hall–Kier alpha value is -3.33. The fraction of sp³-hybridized carbons (Fsp3) is 0.350. The number of anilines is 2. The Morgan fingerprint density at radius 2 is 1.83 bits per heavy atom. The summed E-state index contributed by atoms with van der Waals surface area (Å²) < 4.78 is 10.6. The molecule has 152 valence electrons. The summed E-state index contributed by atoms with van der Waals surface area (Å²) in [5.41, 5.74) is 1.74. The molecule has 0 spiro atoms. The monoisotopic (exact) mass is 399 g/mol. The molecule has 2 aromatic carbocycles. The highest BCUT2D eigenvalue weighted by Crippen LogP contribution is 2.34. The lowest BCUT2D eigenvalue weighted by Gasteiger charge is -2.36. The third-order valence-corrected chi connectivity index (χ3v) is 5.48. The number of fused-ring (bicyclic) bond motifs is 1. The summed E-state index contributed by atoms with van der Waals surface area (Å²) in [5, 5.41) is 13.8. The van der Waals surface area contributed by atoms with Gasteiger partial charge in [0.2, 0.25) is 6.79 Å². The molecule has 0 saturated carbocycles. The number of non-ortho nitro benzene ring substituents is 1. The van der Waals surface area contributed by atoms with Crippen LogP contribution in [0.2, 0.25) is 0 Å². The van der Waals surface area contributed by atoms with Crippen LogP contribution in [0.3, 0.4) is 0 Å². The summed E-state index contributed by atoms with van der Waals surface area (Å²) in [6.07, 6.45) is 0. The number of ether oxygens (including phenoxy) is 2. The van der Waals surface area contributed by atoms with Gasteiger partial charge in [-0.25, -0.2) is 0 Å².